The Morgan fingerprint density at radius 3 is 2.91 bits per heavy atom. The van der Waals surface area contributed by atoms with Gasteiger partial charge in [0, 0.05) is 36.9 Å². The molecule has 1 aliphatic carbocycles. The van der Waals surface area contributed by atoms with Crippen molar-refractivity contribution in [1.82, 2.24) is 9.88 Å². The highest BCUT2D eigenvalue weighted by molar-refractivity contribution is 5.96. The molecule has 1 aromatic carbocycles. The van der Waals surface area contributed by atoms with Crippen molar-refractivity contribution in [3.8, 4) is 0 Å². The van der Waals surface area contributed by atoms with Crippen molar-refractivity contribution in [2.45, 2.75) is 44.3 Å². The second kappa shape index (κ2) is 5.45. The summed E-state index contributed by atoms with van der Waals surface area (Å²) in [6.45, 7) is 3.32. The van der Waals surface area contributed by atoms with Gasteiger partial charge in [0.05, 0.1) is 16.0 Å². The lowest BCUT2D eigenvalue weighted by Crippen LogP contribution is -2.31. The van der Waals surface area contributed by atoms with Gasteiger partial charge in [0.15, 0.2) is 0 Å². The van der Waals surface area contributed by atoms with Gasteiger partial charge in [0.2, 0.25) is 0 Å². The van der Waals surface area contributed by atoms with Crippen molar-refractivity contribution in [1.29, 1.82) is 0 Å². The van der Waals surface area contributed by atoms with E-state index < -0.39 is 0 Å². The molecule has 0 spiro atoms. The summed E-state index contributed by atoms with van der Waals surface area (Å²) >= 11 is 0. The molecule has 6 nitrogen and oxygen atoms in total. The van der Waals surface area contributed by atoms with Crippen LogP contribution in [0.25, 0.3) is 10.9 Å². The number of pyridine rings is 1. The first-order valence-electron chi connectivity index (χ1n) is 8.18. The van der Waals surface area contributed by atoms with Gasteiger partial charge in [-0.05, 0) is 44.4 Å². The number of nitro benzene ring substituents is 1. The monoisotopic (exact) mass is 312 g/mol. The lowest BCUT2D eigenvalue weighted by atomic mass is 10.1. The van der Waals surface area contributed by atoms with E-state index in [-0.39, 0.29) is 10.6 Å². The number of non-ortho nitro benzene ring substituents is 1. The van der Waals surface area contributed by atoms with E-state index in [1.807, 2.05) is 0 Å². The predicted octanol–water partition coefficient (Wildman–Crippen LogP) is 3.18. The van der Waals surface area contributed by atoms with E-state index in [0.29, 0.717) is 23.0 Å². The third-order valence-electron chi connectivity index (χ3n) is 4.94. The van der Waals surface area contributed by atoms with Crippen LogP contribution in [0, 0.1) is 10.1 Å². The van der Waals surface area contributed by atoms with E-state index in [0.717, 1.165) is 24.7 Å². The number of aromatic nitrogens is 1. The van der Waals surface area contributed by atoms with Crippen molar-refractivity contribution in [3.05, 3.63) is 40.6 Å². The summed E-state index contributed by atoms with van der Waals surface area (Å²) in [7, 11) is 0. The van der Waals surface area contributed by atoms with E-state index in [1.165, 1.54) is 12.8 Å². The number of likely N-dealkylation sites (tertiary alicyclic amines) is 1. The van der Waals surface area contributed by atoms with Gasteiger partial charge in [-0.15, -0.1) is 0 Å². The molecule has 6 heteroatoms. The number of nitrogens with one attached hydrogen (secondary N) is 1. The first-order chi connectivity index (χ1) is 11.1. The van der Waals surface area contributed by atoms with Gasteiger partial charge >= 0.3 is 0 Å². The molecule has 2 aliphatic rings. The zero-order chi connectivity index (χ0) is 16.0. The predicted molar refractivity (Wildman–Crippen MR) is 89.6 cm³/mol. The minimum absolute atomic E-state index is 0.109. The standard InChI is InChI=1S/C17H20N4O2/c1-11-9-12(10-20(11)13-4-5-13)19-15-6-7-16(21(22)23)14-3-2-8-18-17(14)15/h2-3,6-8,11-13,19H,4-5,9-10H2,1H3. The maximum absolute atomic E-state index is 11.2. The van der Waals surface area contributed by atoms with Crippen molar-refractivity contribution >= 4 is 22.3 Å². The van der Waals surface area contributed by atoms with Crippen LogP contribution < -0.4 is 5.32 Å². The van der Waals surface area contributed by atoms with Gasteiger partial charge in [0.1, 0.15) is 5.52 Å². The summed E-state index contributed by atoms with van der Waals surface area (Å²) in [5, 5.41) is 15.3. The molecule has 2 aromatic rings. The molecule has 2 unspecified atom stereocenters. The quantitative estimate of drug-likeness (QED) is 0.693. The Hall–Kier alpha value is -2.21. The Morgan fingerprint density at radius 1 is 1.35 bits per heavy atom. The Labute approximate surface area is 134 Å². The van der Waals surface area contributed by atoms with Gasteiger partial charge in [0.25, 0.3) is 5.69 Å². The van der Waals surface area contributed by atoms with Crippen LogP contribution in [0.1, 0.15) is 26.2 Å². The highest BCUT2D eigenvalue weighted by Crippen LogP contribution is 2.35. The fraction of sp³-hybridized carbons (Fsp3) is 0.471. The van der Waals surface area contributed by atoms with Crippen LogP contribution in [0.2, 0.25) is 0 Å². The molecule has 1 N–H and O–H groups in total. The summed E-state index contributed by atoms with van der Waals surface area (Å²) in [5.41, 5.74) is 1.68. The molecule has 2 atom stereocenters. The van der Waals surface area contributed by atoms with E-state index >= 15 is 0 Å². The Balaban J connectivity index is 1.62. The molecule has 1 aromatic heterocycles. The summed E-state index contributed by atoms with van der Waals surface area (Å²) in [6.07, 6.45) is 5.42. The number of hydrogen-bond acceptors (Lipinski definition) is 5. The van der Waals surface area contributed by atoms with Crippen LogP contribution >= 0.6 is 0 Å². The molecule has 1 aliphatic heterocycles. The molecule has 120 valence electrons. The summed E-state index contributed by atoms with van der Waals surface area (Å²) in [4.78, 5) is 17.8. The van der Waals surface area contributed by atoms with Gasteiger partial charge in [-0.1, -0.05) is 0 Å². The Morgan fingerprint density at radius 2 is 2.17 bits per heavy atom. The molecule has 1 saturated heterocycles. The largest absolute Gasteiger partial charge is 0.379 e. The Bertz CT molecular complexity index is 759. The third-order valence-corrected chi connectivity index (χ3v) is 4.94. The maximum Gasteiger partial charge on any atom is 0.278 e. The molecular weight excluding hydrogens is 292 g/mol. The highest BCUT2D eigenvalue weighted by Gasteiger charge is 2.38. The number of anilines is 1. The van der Waals surface area contributed by atoms with E-state index in [1.54, 1.807) is 30.5 Å². The van der Waals surface area contributed by atoms with Crippen LogP contribution in [0.15, 0.2) is 30.5 Å². The van der Waals surface area contributed by atoms with Crippen LogP contribution in [0.5, 0.6) is 0 Å². The molecule has 0 radical (unpaired) electrons. The second-order valence-corrected chi connectivity index (χ2v) is 6.64. The number of hydrogen-bond donors (Lipinski definition) is 1. The van der Waals surface area contributed by atoms with Crippen molar-refractivity contribution in [2.75, 3.05) is 11.9 Å². The molecule has 23 heavy (non-hydrogen) atoms. The number of fused-ring (bicyclic) bond motifs is 1. The average Bonchev–Trinajstić information content (AvgIpc) is 3.31. The maximum atomic E-state index is 11.2. The van der Waals surface area contributed by atoms with Gasteiger partial charge in [-0.3, -0.25) is 20.0 Å². The lowest BCUT2D eigenvalue weighted by Gasteiger charge is -2.20. The molecule has 0 bridgehead atoms. The van der Waals surface area contributed by atoms with Crippen LogP contribution in [0.3, 0.4) is 0 Å². The summed E-state index contributed by atoms with van der Waals surface area (Å²) in [6, 6.07) is 8.60. The van der Waals surface area contributed by atoms with Gasteiger partial charge in [-0.2, -0.15) is 0 Å². The third kappa shape index (κ3) is 2.63. The molecule has 4 rings (SSSR count). The number of rotatable bonds is 4. The number of nitrogens with zero attached hydrogens (tertiary/aromatic N) is 3. The summed E-state index contributed by atoms with van der Waals surface area (Å²) < 4.78 is 0. The molecular formula is C17H20N4O2. The van der Waals surface area contributed by atoms with Crippen molar-refractivity contribution in [3.63, 3.8) is 0 Å². The zero-order valence-electron chi connectivity index (χ0n) is 13.1. The smallest absolute Gasteiger partial charge is 0.278 e. The van der Waals surface area contributed by atoms with Crippen molar-refractivity contribution < 1.29 is 4.92 Å². The van der Waals surface area contributed by atoms with Crippen molar-refractivity contribution in [2.24, 2.45) is 0 Å². The SMILES string of the molecule is CC1CC(Nc2ccc([N+](=O)[O-])c3cccnc23)CN1C1CC1. The van der Waals surface area contributed by atoms with Gasteiger partial charge < -0.3 is 5.32 Å². The fourth-order valence-electron chi connectivity index (χ4n) is 3.73. The first-order valence-corrected chi connectivity index (χ1v) is 8.18. The average molecular weight is 312 g/mol. The molecule has 2 heterocycles. The van der Waals surface area contributed by atoms with E-state index in [4.69, 9.17) is 0 Å². The normalized spacial score (nSPS) is 24.9. The van der Waals surface area contributed by atoms with Crippen LogP contribution in [-0.4, -0.2) is 39.5 Å². The molecule has 1 saturated carbocycles. The molecule has 0 amide bonds. The second-order valence-electron chi connectivity index (χ2n) is 6.64. The van der Waals surface area contributed by atoms with Crippen LogP contribution in [0.4, 0.5) is 11.4 Å². The minimum Gasteiger partial charge on any atom is -0.379 e. The first kappa shape index (κ1) is 14.4. The van der Waals surface area contributed by atoms with Crippen LogP contribution in [-0.2, 0) is 0 Å². The molecule has 2 fully saturated rings. The number of nitro groups is 1. The van der Waals surface area contributed by atoms with E-state index in [9.17, 15) is 10.1 Å². The van der Waals surface area contributed by atoms with E-state index in [2.05, 4.69) is 22.1 Å². The lowest BCUT2D eigenvalue weighted by molar-refractivity contribution is -0.383. The highest BCUT2D eigenvalue weighted by atomic mass is 16.6. The zero-order valence-corrected chi connectivity index (χ0v) is 13.1. The van der Waals surface area contributed by atoms with Gasteiger partial charge in [-0.25, -0.2) is 0 Å². The fourth-order valence-corrected chi connectivity index (χ4v) is 3.73. The number of benzene rings is 1. The summed E-state index contributed by atoms with van der Waals surface area (Å²) in [5.74, 6) is 0. The Kier molecular flexibility index (Phi) is 3.41. The minimum atomic E-state index is -0.347. The topological polar surface area (TPSA) is 71.3 Å².